The summed E-state index contributed by atoms with van der Waals surface area (Å²) < 4.78 is 26.9. The number of sulfonamides is 1. The molecular formula is C18H25N3O4S. The van der Waals surface area contributed by atoms with Gasteiger partial charge in [-0.25, -0.2) is 8.42 Å². The second-order valence-electron chi connectivity index (χ2n) is 6.28. The van der Waals surface area contributed by atoms with Gasteiger partial charge in [0.15, 0.2) is 0 Å². The van der Waals surface area contributed by atoms with Crippen LogP contribution in [0.1, 0.15) is 18.4 Å². The molecule has 1 atom stereocenters. The van der Waals surface area contributed by atoms with Gasteiger partial charge in [-0.3, -0.25) is 9.59 Å². The summed E-state index contributed by atoms with van der Waals surface area (Å²) in [6.45, 7) is 2.71. The number of nitrogens with zero attached hydrogens (tertiary/aromatic N) is 1. The standard InChI is InChI=1S/C18H25N3O4S/c1-14-7-9-16(10-8-14)26(24,25)21-12-4-5-15(13-21)18(23)20-11-3-6-17(22)19-2/h3,6-10,15H,4-5,11-13H2,1-2H3,(H,19,22)(H,20,23). The number of nitrogens with one attached hydrogen (secondary N) is 2. The van der Waals surface area contributed by atoms with Gasteiger partial charge in [-0.15, -0.1) is 0 Å². The fourth-order valence-corrected chi connectivity index (χ4v) is 4.31. The highest BCUT2D eigenvalue weighted by Crippen LogP contribution is 2.24. The summed E-state index contributed by atoms with van der Waals surface area (Å²) in [5.41, 5.74) is 0.990. The topological polar surface area (TPSA) is 95.6 Å². The number of hydrogen-bond acceptors (Lipinski definition) is 4. The minimum absolute atomic E-state index is 0.168. The molecule has 0 aliphatic carbocycles. The van der Waals surface area contributed by atoms with Gasteiger partial charge in [0.05, 0.1) is 10.8 Å². The van der Waals surface area contributed by atoms with Crippen LogP contribution in [0.3, 0.4) is 0 Å². The second kappa shape index (κ2) is 8.95. The molecule has 1 fully saturated rings. The zero-order valence-electron chi connectivity index (χ0n) is 15.1. The lowest BCUT2D eigenvalue weighted by molar-refractivity contribution is -0.125. The SMILES string of the molecule is CNC(=O)C=CCNC(=O)C1CCCN(S(=O)(=O)c2ccc(C)cc2)C1. The number of carbonyl (C=O) groups excluding carboxylic acids is 2. The number of rotatable bonds is 6. The highest BCUT2D eigenvalue weighted by atomic mass is 32.2. The fourth-order valence-electron chi connectivity index (χ4n) is 2.79. The zero-order chi connectivity index (χ0) is 19.2. The van der Waals surface area contributed by atoms with Crippen LogP contribution in [-0.2, 0) is 19.6 Å². The van der Waals surface area contributed by atoms with E-state index in [0.717, 1.165) is 5.56 Å². The van der Waals surface area contributed by atoms with E-state index >= 15 is 0 Å². The Hall–Kier alpha value is -2.19. The van der Waals surface area contributed by atoms with E-state index in [1.165, 1.54) is 17.4 Å². The van der Waals surface area contributed by atoms with Crippen molar-refractivity contribution in [3.05, 3.63) is 42.0 Å². The van der Waals surface area contributed by atoms with Crippen molar-refractivity contribution < 1.29 is 18.0 Å². The van der Waals surface area contributed by atoms with E-state index in [2.05, 4.69) is 10.6 Å². The Morgan fingerprint density at radius 2 is 1.96 bits per heavy atom. The molecule has 0 aromatic heterocycles. The molecule has 0 bridgehead atoms. The largest absolute Gasteiger partial charge is 0.356 e. The van der Waals surface area contributed by atoms with Crippen molar-refractivity contribution in [3.63, 3.8) is 0 Å². The molecule has 2 rings (SSSR count). The molecule has 142 valence electrons. The molecular weight excluding hydrogens is 354 g/mol. The van der Waals surface area contributed by atoms with Crippen molar-refractivity contribution in [1.82, 2.24) is 14.9 Å². The third-order valence-electron chi connectivity index (χ3n) is 4.32. The molecule has 1 saturated heterocycles. The maximum absolute atomic E-state index is 12.8. The summed E-state index contributed by atoms with van der Waals surface area (Å²) in [4.78, 5) is 23.6. The van der Waals surface area contributed by atoms with Crippen molar-refractivity contribution in [2.45, 2.75) is 24.7 Å². The summed E-state index contributed by atoms with van der Waals surface area (Å²) in [5, 5.41) is 5.17. The van der Waals surface area contributed by atoms with Crippen LogP contribution >= 0.6 is 0 Å². The summed E-state index contributed by atoms with van der Waals surface area (Å²) >= 11 is 0. The summed E-state index contributed by atoms with van der Waals surface area (Å²) in [6.07, 6.45) is 4.18. The molecule has 8 heteroatoms. The van der Waals surface area contributed by atoms with E-state index in [1.807, 2.05) is 6.92 Å². The Balaban J connectivity index is 1.97. The Kier molecular flexibility index (Phi) is 6.93. The molecule has 2 N–H and O–H groups in total. The number of aryl methyl sites for hydroxylation is 1. The van der Waals surface area contributed by atoms with Crippen LogP contribution in [0.25, 0.3) is 0 Å². The molecule has 26 heavy (non-hydrogen) atoms. The van der Waals surface area contributed by atoms with E-state index in [0.29, 0.717) is 19.4 Å². The van der Waals surface area contributed by atoms with Crippen molar-refractivity contribution >= 4 is 21.8 Å². The Morgan fingerprint density at radius 1 is 1.27 bits per heavy atom. The molecule has 7 nitrogen and oxygen atoms in total. The molecule has 0 spiro atoms. The van der Waals surface area contributed by atoms with Crippen molar-refractivity contribution in [2.75, 3.05) is 26.7 Å². The predicted molar refractivity (Wildman–Crippen MR) is 98.9 cm³/mol. The maximum Gasteiger partial charge on any atom is 0.243 e. The highest BCUT2D eigenvalue weighted by Gasteiger charge is 2.33. The number of likely N-dealkylation sites (N-methyl/N-ethyl adjacent to an activating group) is 1. The van der Waals surface area contributed by atoms with Crippen LogP contribution in [0, 0.1) is 12.8 Å². The first-order valence-electron chi connectivity index (χ1n) is 8.57. The molecule has 1 aliphatic heterocycles. The Bertz CT molecular complexity index is 772. The minimum Gasteiger partial charge on any atom is -0.356 e. The van der Waals surface area contributed by atoms with Crippen molar-refractivity contribution in [3.8, 4) is 0 Å². The third kappa shape index (κ3) is 5.15. The van der Waals surface area contributed by atoms with Crippen molar-refractivity contribution in [1.29, 1.82) is 0 Å². The van der Waals surface area contributed by atoms with Gasteiger partial charge in [0.25, 0.3) is 0 Å². The summed E-state index contributed by atoms with van der Waals surface area (Å²) in [6, 6.07) is 6.72. The molecule has 1 aliphatic rings. The first kappa shape index (κ1) is 20.1. The monoisotopic (exact) mass is 379 g/mol. The number of carbonyl (C=O) groups is 2. The first-order valence-corrected chi connectivity index (χ1v) is 10.0. The molecule has 2 amide bonds. The number of benzene rings is 1. The smallest absolute Gasteiger partial charge is 0.243 e. The van der Waals surface area contributed by atoms with Crippen LogP contribution < -0.4 is 10.6 Å². The lowest BCUT2D eigenvalue weighted by Gasteiger charge is -2.31. The van der Waals surface area contributed by atoms with Crippen LogP contribution in [0.2, 0.25) is 0 Å². The molecule has 1 aromatic carbocycles. The van der Waals surface area contributed by atoms with Crippen molar-refractivity contribution in [2.24, 2.45) is 5.92 Å². The fraction of sp³-hybridized carbons (Fsp3) is 0.444. The Morgan fingerprint density at radius 3 is 2.62 bits per heavy atom. The quantitative estimate of drug-likeness (QED) is 0.715. The molecule has 1 unspecified atom stereocenters. The van der Waals surface area contributed by atoms with Gasteiger partial charge < -0.3 is 10.6 Å². The van der Waals surface area contributed by atoms with Gasteiger partial charge in [0.2, 0.25) is 21.8 Å². The highest BCUT2D eigenvalue weighted by molar-refractivity contribution is 7.89. The molecule has 1 heterocycles. The predicted octanol–water partition coefficient (Wildman–Crippen LogP) is 0.814. The lowest BCUT2D eigenvalue weighted by atomic mass is 9.99. The number of hydrogen-bond donors (Lipinski definition) is 2. The third-order valence-corrected chi connectivity index (χ3v) is 6.20. The number of amides is 2. The van der Waals surface area contributed by atoms with Crippen LogP contribution in [0.15, 0.2) is 41.3 Å². The average Bonchev–Trinajstić information content (AvgIpc) is 2.65. The summed E-state index contributed by atoms with van der Waals surface area (Å²) in [7, 11) is -2.07. The minimum atomic E-state index is -3.60. The van der Waals surface area contributed by atoms with Gasteiger partial charge in [-0.1, -0.05) is 23.8 Å². The van der Waals surface area contributed by atoms with Crippen LogP contribution in [-0.4, -0.2) is 51.2 Å². The Labute approximate surface area is 154 Å². The van der Waals surface area contributed by atoms with Crippen LogP contribution in [0.5, 0.6) is 0 Å². The van der Waals surface area contributed by atoms with E-state index in [1.54, 1.807) is 30.3 Å². The maximum atomic E-state index is 12.8. The van der Waals surface area contributed by atoms with Gasteiger partial charge in [-0.2, -0.15) is 4.31 Å². The molecule has 1 aromatic rings. The van der Waals surface area contributed by atoms with E-state index < -0.39 is 15.9 Å². The molecule has 0 saturated carbocycles. The first-order chi connectivity index (χ1) is 12.3. The average molecular weight is 379 g/mol. The van der Waals surface area contributed by atoms with E-state index in [-0.39, 0.29) is 29.8 Å². The van der Waals surface area contributed by atoms with Crippen LogP contribution in [0.4, 0.5) is 0 Å². The lowest BCUT2D eigenvalue weighted by Crippen LogP contribution is -2.45. The summed E-state index contributed by atoms with van der Waals surface area (Å²) in [5.74, 6) is -0.833. The van der Waals surface area contributed by atoms with Gasteiger partial charge >= 0.3 is 0 Å². The van der Waals surface area contributed by atoms with E-state index in [4.69, 9.17) is 0 Å². The zero-order valence-corrected chi connectivity index (χ0v) is 15.9. The van der Waals surface area contributed by atoms with E-state index in [9.17, 15) is 18.0 Å². The normalized spacial score (nSPS) is 18.6. The number of piperidine rings is 1. The van der Waals surface area contributed by atoms with Gasteiger partial charge in [-0.05, 0) is 31.9 Å². The van der Waals surface area contributed by atoms with Gasteiger partial charge in [0, 0.05) is 32.8 Å². The van der Waals surface area contributed by atoms with Gasteiger partial charge in [0.1, 0.15) is 0 Å². The second-order valence-corrected chi connectivity index (χ2v) is 8.21. The molecule has 0 radical (unpaired) electrons.